The molecule has 0 bridgehead atoms. The van der Waals surface area contributed by atoms with Gasteiger partial charge in [0.25, 0.3) is 0 Å². The fourth-order valence-corrected chi connectivity index (χ4v) is 3.03. The molecule has 18 heavy (non-hydrogen) atoms. The maximum absolute atomic E-state index is 5.49. The summed E-state index contributed by atoms with van der Waals surface area (Å²) in [6.07, 6.45) is 2.27. The summed E-state index contributed by atoms with van der Waals surface area (Å²) in [6.45, 7) is 10.4. The molecule has 1 heterocycles. The van der Waals surface area contributed by atoms with E-state index in [9.17, 15) is 0 Å². The smallest absolute Gasteiger partial charge is 0.0589 e. The van der Waals surface area contributed by atoms with Crippen LogP contribution >= 0.6 is 12.6 Å². The molecule has 1 saturated heterocycles. The highest BCUT2D eigenvalue weighted by molar-refractivity contribution is 7.80. The zero-order valence-corrected chi connectivity index (χ0v) is 13.0. The Morgan fingerprint density at radius 1 is 1.33 bits per heavy atom. The minimum Gasteiger partial charge on any atom is -0.383 e. The van der Waals surface area contributed by atoms with E-state index in [-0.39, 0.29) is 0 Å². The number of rotatable bonds is 8. The van der Waals surface area contributed by atoms with Gasteiger partial charge in [0.15, 0.2) is 0 Å². The van der Waals surface area contributed by atoms with E-state index < -0.39 is 0 Å². The van der Waals surface area contributed by atoms with Crippen molar-refractivity contribution in [3.63, 3.8) is 0 Å². The molecule has 0 amide bonds. The number of methoxy groups -OCH3 is 1. The molecule has 1 aliphatic heterocycles. The minimum absolute atomic E-state index is 0.337. The first-order chi connectivity index (χ1) is 8.62. The van der Waals surface area contributed by atoms with Crippen molar-refractivity contribution in [2.45, 2.75) is 26.7 Å². The number of nitrogens with zero attached hydrogens (tertiary/aromatic N) is 1. The standard InChI is InChI=1S/C14H29NO2S/c1-13(2)10-15(6-9-16-3)11-14(12-18)4-7-17-8-5-14/h13,18H,4-12H2,1-3H3. The van der Waals surface area contributed by atoms with Crippen molar-refractivity contribution >= 4 is 12.6 Å². The Balaban J connectivity index is 2.54. The number of ether oxygens (including phenoxy) is 2. The highest BCUT2D eigenvalue weighted by Crippen LogP contribution is 2.32. The molecule has 0 aliphatic carbocycles. The molecular weight excluding hydrogens is 246 g/mol. The number of hydrogen-bond acceptors (Lipinski definition) is 4. The fraction of sp³-hybridized carbons (Fsp3) is 1.00. The SMILES string of the molecule is COCCN(CC(C)C)CC1(CS)CCOCC1. The first kappa shape index (κ1) is 16.3. The second-order valence-corrected chi connectivity index (χ2v) is 6.21. The summed E-state index contributed by atoms with van der Waals surface area (Å²) in [5, 5.41) is 0. The lowest BCUT2D eigenvalue weighted by Gasteiger charge is -2.40. The molecule has 3 nitrogen and oxygen atoms in total. The topological polar surface area (TPSA) is 21.7 Å². The maximum atomic E-state index is 5.49. The molecule has 0 aromatic rings. The molecule has 0 aromatic carbocycles. The van der Waals surface area contributed by atoms with E-state index in [0.717, 1.165) is 58.0 Å². The summed E-state index contributed by atoms with van der Waals surface area (Å²) >= 11 is 4.59. The second kappa shape index (κ2) is 8.41. The minimum atomic E-state index is 0.337. The highest BCUT2D eigenvalue weighted by atomic mass is 32.1. The largest absolute Gasteiger partial charge is 0.383 e. The predicted molar refractivity (Wildman–Crippen MR) is 79.5 cm³/mol. The van der Waals surface area contributed by atoms with Crippen LogP contribution in [-0.4, -0.2) is 57.2 Å². The third-order valence-corrected chi connectivity index (χ3v) is 4.35. The van der Waals surface area contributed by atoms with Crippen LogP contribution in [0.4, 0.5) is 0 Å². The van der Waals surface area contributed by atoms with E-state index in [4.69, 9.17) is 9.47 Å². The van der Waals surface area contributed by atoms with Gasteiger partial charge in [0.2, 0.25) is 0 Å². The van der Waals surface area contributed by atoms with Crippen LogP contribution < -0.4 is 0 Å². The lowest BCUT2D eigenvalue weighted by atomic mass is 9.81. The van der Waals surface area contributed by atoms with E-state index in [0.29, 0.717) is 11.3 Å². The Morgan fingerprint density at radius 3 is 2.50 bits per heavy atom. The summed E-state index contributed by atoms with van der Waals surface area (Å²) < 4.78 is 10.7. The second-order valence-electron chi connectivity index (χ2n) is 5.89. The zero-order valence-electron chi connectivity index (χ0n) is 12.2. The molecule has 0 saturated carbocycles. The Bertz CT molecular complexity index is 218. The molecule has 1 aliphatic rings. The van der Waals surface area contributed by atoms with Gasteiger partial charge in [-0.25, -0.2) is 0 Å². The molecular formula is C14H29NO2S. The summed E-state index contributed by atoms with van der Waals surface area (Å²) in [6, 6.07) is 0. The van der Waals surface area contributed by atoms with Crippen LogP contribution in [0.1, 0.15) is 26.7 Å². The highest BCUT2D eigenvalue weighted by Gasteiger charge is 2.33. The van der Waals surface area contributed by atoms with E-state index in [2.05, 4.69) is 31.4 Å². The van der Waals surface area contributed by atoms with E-state index in [1.807, 2.05) is 0 Å². The molecule has 4 heteroatoms. The first-order valence-corrected chi connectivity index (χ1v) is 7.65. The van der Waals surface area contributed by atoms with Gasteiger partial charge in [0.05, 0.1) is 6.61 Å². The zero-order chi connectivity index (χ0) is 13.4. The molecule has 0 N–H and O–H groups in total. The first-order valence-electron chi connectivity index (χ1n) is 7.02. The van der Waals surface area contributed by atoms with Crippen LogP contribution in [-0.2, 0) is 9.47 Å². The quantitative estimate of drug-likeness (QED) is 0.687. The number of thiol groups is 1. The van der Waals surface area contributed by atoms with Gasteiger partial charge >= 0.3 is 0 Å². The molecule has 1 fully saturated rings. The number of hydrogen-bond donors (Lipinski definition) is 1. The van der Waals surface area contributed by atoms with Gasteiger partial charge in [-0.3, -0.25) is 0 Å². The molecule has 0 radical (unpaired) electrons. The summed E-state index contributed by atoms with van der Waals surface area (Å²) in [5.74, 6) is 1.65. The van der Waals surface area contributed by atoms with E-state index >= 15 is 0 Å². The van der Waals surface area contributed by atoms with Crippen molar-refractivity contribution in [1.29, 1.82) is 0 Å². The Hall–Kier alpha value is 0.230. The fourth-order valence-electron chi connectivity index (χ4n) is 2.62. The maximum Gasteiger partial charge on any atom is 0.0589 e. The van der Waals surface area contributed by atoms with Crippen LogP contribution in [0.5, 0.6) is 0 Å². The van der Waals surface area contributed by atoms with Crippen molar-refractivity contribution in [1.82, 2.24) is 4.90 Å². The predicted octanol–water partition coefficient (Wildman–Crippen LogP) is 2.32. The van der Waals surface area contributed by atoms with E-state index in [1.165, 1.54) is 0 Å². The van der Waals surface area contributed by atoms with Crippen molar-refractivity contribution in [2.75, 3.05) is 52.3 Å². The lowest BCUT2D eigenvalue weighted by molar-refractivity contribution is 0.00224. The monoisotopic (exact) mass is 275 g/mol. The molecule has 0 aromatic heterocycles. The van der Waals surface area contributed by atoms with Gasteiger partial charge in [-0.15, -0.1) is 0 Å². The van der Waals surface area contributed by atoms with Crippen molar-refractivity contribution in [2.24, 2.45) is 11.3 Å². The van der Waals surface area contributed by atoms with Crippen LogP contribution in [0, 0.1) is 11.3 Å². The van der Waals surface area contributed by atoms with Gasteiger partial charge in [0.1, 0.15) is 0 Å². The molecule has 0 spiro atoms. The Labute approximate surface area is 118 Å². The van der Waals surface area contributed by atoms with Gasteiger partial charge in [-0.2, -0.15) is 12.6 Å². The van der Waals surface area contributed by atoms with Gasteiger partial charge in [-0.1, -0.05) is 13.8 Å². The van der Waals surface area contributed by atoms with E-state index in [1.54, 1.807) is 7.11 Å². The third-order valence-electron chi connectivity index (χ3n) is 3.68. The van der Waals surface area contributed by atoms with Gasteiger partial charge in [-0.05, 0) is 29.9 Å². The van der Waals surface area contributed by atoms with Crippen LogP contribution in [0.15, 0.2) is 0 Å². The summed E-state index contributed by atoms with van der Waals surface area (Å²) in [7, 11) is 1.77. The average Bonchev–Trinajstić information content (AvgIpc) is 2.36. The molecule has 0 atom stereocenters. The van der Waals surface area contributed by atoms with Crippen LogP contribution in [0.3, 0.4) is 0 Å². The van der Waals surface area contributed by atoms with Gasteiger partial charge < -0.3 is 14.4 Å². The van der Waals surface area contributed by atoms with Crippen LogP contribution in [0.2, 0.25) is 0 Å². The normalized spacial score (nSPS) is 19.7. The molecule has 0 unspecified atom stereocenters. The summed E-state index contributed by atoms with van der Waals surface area (Å²) in [4.78, 5) is 2.54. The molecule has 108 valence electrons. The summed E-state index contributed by atoms with van der Waals surface area (Å²) in [5.41, 5.74) is 0.337. The van der Waals surface area contributed by atoms with Crippen molar-refractivity contribution < 1.29 is 9.47 Å². The van der Waals surface area contributed by atoms with Gasteiger partial charge in [0, 0.05) is 40.0 Å². The lowest BCUT2D eigenvalue weighted by Crippen LogP contribution is -2.45. The van der Waals surface area contributed by atoms with Crippen molar-refractivity contribution in [3.8, 4) is 0 Å². The van der Waals surface area contributed by atoms with Crippen molar-refractivity contribution in [3.05, 3.63) is 0 Å². The Morgan fingerprint density at radius 2 is 2.00 bits per heavy atom. The Kier molecular flexibility index (Phi) is 7.61. The average molecular weight is 275 g/mol. The molecule has 1 rings (SSSR count). The van der Waals surface area contributed by atoms with Crippen LogP contribution in [0.25, 0.3) is 0 Å². The third kappa shape index (κ3) is 5.47.